The van der Waals surface area contributed by atoms with Crippen LogP contribution in [0.15, 0.2) is 41.6 Å². The van der Waals surface area contributed by atoms with Gasteiger partial charge in [-0.2, -0.15) is 0 Å². The number of amides is 2. The molecule has 2 aliphatic rings. The summed E-state index contributed by atoms with van der Waals surface area (Å²) in [5, 5.41) is 5.58. The molecule has 156 valence electrons. The van der Waals surface area contributed by atoms with E-state index >= 15 is 0 Å². The predicted octanol–water partition coefficient (Wildman–Crippen LogP) is 1.74. The number of piperidine rings is 1. The molecule has 2 amide bonds. The Bertz CT molecular complexity index is 793. The molecule has 1 aromatic rings. The SMILES string of the molecule is CCOC(=O)[C@@H]1CCCN(CC2=C(C(=O)OC)[C@@H](c3ccccc3)NC(=O)N2)C1. The van der Waals surface area contributed by atoms with E-state index in [2.05, 4.69) is 15.5 Å². The van der Waals surface area contributed by atoms with Crippen molar-refractivity contribution in [2.75, 3.05) is 33.4 Å². The summed E-state index contributed by atoms with van der Waals surface area (Å²) in [6.45, 7) is 3.79. The third kappa shape index (κ3) is 4.95. The quantitative estimate of drug-likeness (QED) is 0.705. The number of nitrogens with zero attached hydrogens (tertiary/aromatic N) is 1. The number of carbonyl (C=O) groups excluding carboxylic acids is 3. The highest BCUT2D eigenvalue weighted by Gasteiger charge is 2.35. The van der Waals surface area contributed by atoms with Crippen molar-refractivity contribution in [1.82, 2.24) is 15.5 Å². The summed E-state index contributed by atoms with van der Waals surface area (Å²) in [7, 11) is 1.32. The third-order valence-electron chi connectivity index (χ3n) is 5.20. The van der Waals surface area contributed by atoms with E-state index in [-0.39, 0.29) is 17.9 Å². The number of urea groups is 1. The van der Waals surface area contributed by atoms with Gasteiger partial charge in [-0.15, -0.1) is 0 Å². The Hall–Kier alpha value is -2.87. The number of carbonyl (C=O) groups is 3. The number of ether oxygens (including phenoxy) is 2. The molecule has 2 heterocycles. The molecule has 29 heavy (non-hydrogen) atoms. The molecule has 0 aromatic heterocycles. The van der Waals surface area contributed by atoms with Crippen LogP contribution in [0.1, 0.15) is 31.4 Å². The summed E-state index contributed by atoms with van der Waals surface area (Å²) in [5.74, 6) is -0.899. The van der Waals surface area contributed by atoms with Crippen molar-refractivity contribution in [3.05, 3.63) is 47.2 Å². The van der Waals surface area contributed by atoms with Crippen LogP contribution < -0.4 is 10.6 Å². The Morgan fingerprint density at radius 2 is 2.00 bits per heavy atom. The zero-order valence-corrected chi connectivity index (χ0v) is 16.8. The van der Waals surface area contributed by atoms with Crippen molar-refractivity contribution >= 4 is 18.0 Å². The van der Waals surface area contributed by atoms with Gasteiger partial charge in [-0.1, -0.05) is 30.3 Å². The standard InChI is InChI=1S/C21H27N3O5/c1-3-29-19(25)15-10-7-11-24(12-15)13-16-17(20(26)28-2)18(23-21(27)22-16)14-8-5-4-6-9-14/h4-6,8-9,15,18H,3,7,10-13H2,1-2H3,(H2,22,23,27)/t15-,18-/m1/s1. The van der Waals surface area contributed by atoms with Gasteiger partial charge in [-0.05, 0) is 31.9 Å². The second-order valence-corrected chi connectivity index (χ2v) is 7.15. The first-order chi connectivity index (χ1) is 14.0. The fraction of sp³-hybridized carbons (Fsp3) is 0.476. The first kappa shape index (κ1) is 20.9. The highest BCUT2D eigenvalue weighted by Crippen LogP contribution is 2.28. The number of rotatable bonds is 6. The van der Waals surface area contributed by atoms with Crippen molar-refractivity contribution < 1.29 is 23.9 Å². The Labute approximate surface area is 170 Å². The summed E-state index contributed by atoms with van der Waals surface area (Å²) >= 11 is 0. The lowest BCUT2D eigenvalue weighted by Gasteiger charge is -2.35. The van der Waals surface area contributed by atoms with Gasteiger partial charge < -0.3 is 20.1 Å². The monoisotopic (exact) mass is 401 g/mol. The van der Waals surface area contributed by atoms with Gasteiger partial charge in [0, 0.05) is 18.8 Å². The lowest BCUT2D eigenvalue weighted by Crippen LogP contribution is -2.49. The van der Waals surface area contributed by atoms with Gasteiger partial charge in [-0.25, -0.2) is 9.59 Å². The smallest absolute Gasteiger partial charge is 0.338 e. The van der Waals surface area contributed by atoms with Crippen molar-refractivity contribution in [1.29, 1.82) is 0 Å². The van der Waals surface area contributed by atoms with Crippen LogP contribution in [0.5, 0.6) is 0 Å². The molecule has 2 N–H and O–H groups in total. The molecule has 1 aromatic carbocycles. The van der Waals surface area contributed by atoms with Gasteiger partial charge in [0.25, 0.3) is 0 Å². The summed E-state index contributed by atoms with van der Waals surface area (Å²) in [4.78, 5) is 39.1. The highest BCUT2D eigenvalue weighted by atomic mass is 16.5. The van der Waals surface area contributed by atoms with E-state index < -0.39 is 12.0 Å². The van der Waals surface area contributed by atoms with Crippen molar-refractivity contribution in [2.45, 2.75) is 25.8 Å². The molecule has 0 bridgehead atoms. The number of hydrogen-bond acceptors (Lipinski definition) is 6. The Morgan fingerprint density at radius 3 is 2.69 bits per heavy atom. The van der Waals surface area contributed by atoms with Crippen molar-refractivity contribution in [2.24, 2.45) is 5.92 Å². The molecule has 2 aliphatic heterocycles. The molecule has 0 unspecified atom stereocenters. The lowest BCUT2D eigenvalue weighted by molar-refractivity contribution is -0.150. The fourth-order valence-electron chi connectivity index (χ4n) is 3.86. The molecule has 0 aliphatic carbocycles. The van der Waals surface area contributed by atoms with Gasteiger partial charge in [0.1, 0.15) is 0 Å². The number of benzene rings is 1. The second-order valence-electron chi connectivity index (χ2n) is 7.15. The first-order valence-corrected chi connectivity index (χ1v) is 9.86. The molecule has 0 radical (unpaired) electrons. The first-order valence-electron chi connectivity index (χ1n) is 9.86. The van der Waals surface area contributed by atoms with E-state index in [0.29, 0.717) is 31.0 Å². The van der Waals surface area contributed by atoms with Crippen LogP contribution in [0, 0.1) is 5.92 Å². The maximum absolute atomic E-state index is 12.6. The third-order valence-corrected chi connectivity index (χ3v) is 5.20. The van der Waals surface area contributed by atoms with E-state index in [9.17, 15) is 14.4 Å². The fourth-order valence-corrected chi connectivity index (χ4v) is 3.86. The van der Waals surface area contributed by atoms with E-state index in [0.717, 1.165) is 24.9 Å². The second kappa shape index (κ2) is 9.56. The molecule has 1 saturated heterocycles. The topological polar surface area (TPSA) is 97.0 Å². The maximum atomic E-state index is 12.6. The van der Waals surface area contributed by atoms with Gasteiger partial charge >= 0.3 is 18.0 Å². The summed E-state index contributed by atoms with van der Waals surface area (Å²) in [5.41, 5.74) is 1.67. The van der Waals surface area contributed by atoms with Crippen LogP contribution in [0.25, 0.3) is 0 Å². The molecular weight excluding hydrogens is 374 g/mol. The van der Waals surface area contributed by atoms with Crippen LogP contribution in [-0.2, 0) is 19.1 Å². The molecule has 0 spiro atoms. The van der Waals surface area contributed by atoms with Crippen LogP contribution in [-0.4, -0.2) is 56.2 Å². The zero-order valence-electron chi connectivity index (χ0n) is 16.8. The normalized spacial score (nSPS) is 22.5. The van der Waals surface area contributed by atoms with Crippen LogP contribution >= 0.6 is 0 Å². The lowest BCUT2D eigenvalue weighted by atomic mass is 9.94. The molecule has 3 rings (SSSR count). The molecule has 0 saturated carbocycles. The average Bonchev–Trinajstić information content (AvgIpc) is 2.74. The molecular formula is C21H27N3O5. The largest absolute Gasteiger partial charge is 0.466 e. The van der Waals surface area contributed by atoms with Crippen LogP contribution in [0.2, 0.25) is 0 Å². The minimum atomic E-state index is -0.599. The summed E-state index contributed by atoms with van der Waals surface area (Å²) in [6, 6.07) is 8.32. The Morgan fingerprint density at radius 1 is 1.24 bits per heavy atom. The van der Waals surface area contributed by atoms with E-state index in [1.165, 1.54) is 7.11 Å². The molecule has 8 heteroatoms. The maximum Gasteiger partial charge on any atom is 0.338 e. The Balaban J connectivity index is 1.87. The van der Waals surface area contributed by atoms with Crippen LogP contribution in [0.4, 0.5) is 4.79 Å². The number of esters is 2. The molecule has 8 nitrogen and oxygen atoms in total. The number of nitrogens with one attached hydrogen (secondary N) is 2. The van der Waals surface area contributed by atoms with Gasteiger partial charge in [0.05, 0.1) is 31.2 Å². The van der Waals surface area contributed by atoms with Crippen molar-refractivity contribution in [3.8, 4) is 0 Å². The molecule has 1 fully saturated rings. The van der Waals surface area contributed by atoms with Crippen LogP contribution in [0.3, 0.4) is 0 Å². The average molecular weight is 401 g/mol. The van der Waals surface area contributed by atoms with Crippen molar-refractivity contribution in [3.63, 3.8) is 0 Å². The summed E-state index contributed by atoms with van der Waals surface area (Å²) < 4.78 is 10.2. The predicted molar refractivity (Wildman–Crippen MR) is 106 cm³/mol. The van der Waals surface area contributed by atoms with E-state index in [4.69, 9.17) is 9.47 Å². The minimum Gasteiger partial charge on any atom is -0.466 e. The Kier molecular flexibility index (Phi) is 6.87. The van der Waals surface area contributed by atoms with Gasteiger partial charge in [-0.3, -0.25) is 9.69 Å². The number of hydrogen-bond donors (Lipinski definition) is 2. The van der Waals surface area contributed by atoms with Gasteiger partial charge in [0.15, 0.2) is 0 Å². The van der Waals surface area contributed by atoms with Gasteiger partial charge in [0.2, 0.25) is 0 Å². The minimum absolute atomic E-state index is 0.198. The summed E-state index contributed by atoms with van der Waals surface area (Å²) in [6.07, 6.45) is 1.62. The van der Waals surface area contributed by atoms with E-state index in [1.54, 1.807) is 6.92 Å². The highest BCUT2D eigenvalue weighted by molar-refractivity contribution is 5.95. The molecule has 2 atom stereocenters. The number of methoxy groups -OCH3 is 1. The number of likely N-dealkylation sites (tertiary alicyclic amines) is 1. The zero-order chi connectivity index (χ0) is 20.8. The van der Waals surface area contributed by atoms with E-state index in [1.807, 2.05) is 30.3 Å².